The Bertz CT molecular complexity index is 50.7. The molecule has 0 amide bonds. The van der Waals surface area contributed by atoms with Gasteiger partial charge in [0, 0.05) is 0 Å². The summed E-state index contributed by atoms with van der Waals surface area (Å²) in [7, 11) is 0. The standard InChI is InChI=1S/C4H6.Zr/c1-2-4-3-1;/h1-3H2;. The van der Waals surface area contributed by atoms with Gasteiger partial charge in [0.15, 0.2) is 0 Å². The van der Waals surface area contributed by atoms with Gasteiger partial charge in [0.05, 0.1) is 0 Å². The number of rotatable bonds is 0. The molecule has 0 nitrogen and oxygen atoms in total. The summed E-state index contributed by atoms with van der Waals surface area (Å²) in [6.07, 6.45) is 4.36. The molecule has 0 N–H and O–H groups in total. The van der Waals surface area contributed by atoms with Gasteiger partial charge in [0.25, 0.3) is 0 Å². The van der Waals surface area contributed by atoms with Crippen LogP contribution in [0.15, 0.2) is 0 Å². The predicted octanol–water partition coefficient (Wildman–Crippen LogP) is 0.889. The van der Waals surface area contributed by atoms with E-state index in [0.717, 1.165) is 0 Å². The molecule has 1 fully saturated rings. The van der Waals surface area contributed by atoms with Gasteiger partial charge in [-0.1, -0.05) is 0 Å². The van der Waals surface area contributed by atoms with Crippen LogP contribution < -0.4 is 0 Å². The van der Waals surface area contributed by atoms with Crippen molar-refractivity contribution in [2.75, 3.05) is 0 Å². The van der Waals surface area contributed by atoms with Gasteiger partial charge in [0.2, 0.25) is 0 Å². The van der Waals surface area contributed by atoms with Gasteiger partial charge >= 0.3 is 46.7 Å². The zero-order valence-corrected chi connectivity index (χ0v) is 5.58. The molecule has 0 unspecified atom stereocenters. The van der Waals surface area contributed by atoms with Crippen LogP contribution in [0.3, 0.4) is 0 Å². The predicted molar refractivity (Wildman–Crippen MR) is 18.9 cm³/mol. The fourth-order valence-electron chi connectivity index (χ4n) is 0.354. The zero-order valence-electron chi connectivity index (χ0n) is 3.12. The molecule has 1 rings (SSSR count). The maximum absolute atomic E-state index is 1.78. The van der Waals surface area contributed by atoms with E-state index < -0.39 is 0 Å². The summed E-state index contributed by atoms with van der Waals surface area (Å²) in [5.41, 5.74) is 0. The minimum atomic E-state index is 1.44. The molecule has 0 heterocycles. The Balaban J connectivity index is 2.32. The third-order valence-electron chi connectivity index (χ3n) is 0.957. The first-order valence-corrected chi connectivity index (χ1v) is 3.19. The zero-order chi connectivity index (χ0) is 3.70. The van der Waals surface area contributed by atoms with Crippen molar-refractivity contribution in [3.63, 3.8) is 0 Å². The SMILES string of the molecule is [Zr]=[C]1CCC1. The van der Waals surface area contributed by atoms with Crippen LogP contribution in [-0.2, 0) is 24.2 Å². The van der Waals surface area contributed by atoms with Crippen LogP contribution >= 0.6 is 0 Å². The molecule has 0 radical (unpaired) electrons. The van der Waals surface area contributed by atoms with E-state index in [1.54, 1.807) is 27.4 Å². The second-order valence-electron chi connectivity index (χ2n) is 1.46. The molecule has 0 saturated heterocycles. The summed E-state index contributed by atoms with van der Waals surface area (Å²) in [5, 5.41) is 0. The van der Waals surface area contributed by atoms with Gasteiger partial charge in [0.1, 0.15) is 0 Å². The van der Waals surface area contributed by atoms with Crippen molar-refractivity contribution in [3.05, 3.63) is 0 Å². The summed E-state index contributed by atoms with van der Waals surface area (Å²) < 4.78 is 1.78. The van der Waals surface area contributed by atoms with Crippen LogP contribution in [0.2, 0.25) is 0 Å². The second-order valence-corrected chi connectivity index (χ2v) is 3.20. The Morgan fingerprint density at radius 3 is 1.80 bits per heavy atom. The Hall–Kier alpha value is 0.753. The van der Waals surface area contributed by atoms with Crippen molar-refractivity contribution in [3.8, 4) is 0 Å². The molecular formula is C4H6Zr. The first kappa shape index (κ1) is 3.93. The molecule has 0 atom stereocenters. The van der Waals surface area contributed by atoms with E-state index in [4.69, 9.17) is 0 Å². The topological polar surface area (TPSA) is 0 Å². The monoisotopic (exact) mass is 144 g/mol. The maximum atomic E-state index is 1.78. The molecule has 1 saturated carbocycles. The molecule has 1 heteroatoms. The Labute approximate surface area is 46.9 Å². The molecule has 1 aliphatic rings. The Morgan fingerprint density at radius 1 is 1.40 bits per heavy atom. The van der Waals surface area contributed by atoms with Gasteiger partial charge in [-0.3, -0.25) is 0 Å². The van der Waals surface area contributed by atoms with E-state index in [9.17, 15) is 0 Å². The van der Waals surface area contributed by atoms with E-state index in [0.29, 0.717) is 0 Å². The first-order chi connectivity index (χ1) is 2.39. The third-order valence-corrected chi connectivity index (χ3v) is 2.19. The average molecular weight is 145 g/mol. The molecule has 0 aromatic heterocycles. The number of hydrogen-bond acceptors (Lipinski definition) is 0. The van der Waals surface area contributed by atoms with Gasteiger partial charge < -0.3 is 0 Å². The summed E-state index contributed by atoms with van der Waals surface area (Å²) in [6, 6.07) is 0. The van der Waals surface area contributed by atoms with Crippen LogP contribution in [0.5, 0.6) is 0 Å². The van der Waals surface area contributed by atoms with Crippen molar-refractivity contribution in [2.45, 2.75) is 19.3 Å². The van der Waals surface area contributed by atoms with Crippen LogP contribution in [0.4, 0.5) is 0 Å². The first-order valence-electron chi connectivity index (χ1n) is 1.96. The van der Waals surface area contributed by atoms with Gasteiger partial charge in [-0.15, -0.1) is 0 Å². The molecule has 5 heavy (non-hydrogen) atoms. The summed E-state index contributed by atoms with van der Waals surface area (Å²) in [6.45, 7) is 0. The van der Waals surface area contributed by atoms with E-state index in [1.807, 2.05) is 0 Å². The van der Waals surface area contributed by atoms with Crippen molar-refractivity contribution >= 4 is 3.21 Å². The molecule has 0 aliphatic heterocycles. The van der Waals surface area contributed by atoms with Crippen LogP contribution in [0, 0.1) is 0 Å². The van der Waals surface area contributed by atoms with Gasteiger partial charge in [-0.25, -0.2) is 0 Å². The summed E-state index contributed by atoms with van der Waals surface area (Å²) in [4.78, 5) is 0. The quantitative estimate of drug-likeness (QED) is 0.475. The van der Waals surface area contributed by atoms with Crippen molar-refractivity contribution in [1.29, 1.82) is 0 Å². The van der Waals surface area contributed by atoms with Crippen LogP contribution in [0.1, 0.15) is 19.3 Å². The molecular weight excluding hydrogens is 139 g/mol. The minimum absolute atomic E-state index is 1.44. The van der Waals surface area contributed by atoms with Crippen molar-refractivity contribution in [2.24, 2.45) is 0 Å². The van der Waals surface area contributed by atoms with E-state index >= 15 is 0 Å². The molecule has 0 aromatic rings. The van der Waals surface area contributed by atoms with Gasteiger partial charge in [-0.05, 0) is 0 Å². The summed E-state index contributed by atoms with van der Waals surface area (Å²) in [5.74, 6) is 0. The third kappa shape index (κ3) is 0.790. The molecule has 0 spiro atoms. The molecule has 1 aliphatic carbocycles. The normalized spacial score (nSPS) is 21.8. The van der Waals surface area contributed by atoms with E-state index in [-0.39, 0.29) is 0 Å². The molecule has 26 valence electrons. The van der Waals surface area contributed by atoms with Crippen molar-refractivity contribution < 1.29 is 24.2 Å². The average Bonchev–Trinajstić information content (AvgIpc) is 1.30. The molecule has 0 bridgehead atoms. The Morgan fingerprint density at radius 2 is 1.80 bits per heavy atom. The van der Waals surface area contributed by atoms with Gasteiger partial charge in [-0.2, -0.15) is 0 Å². The fraction of sp³-hybridized carbons (Fsp3) is 0.750. The van der Waals surface area contributed by atoms with E-state index in [2.05, 4.69) is 0 Å². The Kier molecular flexibility index (Phi) is 1.15. The van der Waals surface area contributed by atoms with E-state index in [1.165, 1.54) is 19.3 Å². The second kappa shape index (κ2) is 1.47. The van der Waals surface area contributed by atoms with Crippen LogP contribution in [0.25, 0.3) is 0 Å². The summed E-state index contributed by atoms with van der Waals surface area (Å²) >= 11 is 1.67. The van der Waals surface area contributed by atoms with Crippen LogP contribution in [-0.4, -0.2) is 3.21 Å². The van der Waals surface area contributed by atoms with Crippen molar-refractivity contribution in [1.82, 2.24) is 0 Å². The fourth-order valence-corrected chi connectivity index (χ4v) is 1.22. The molecule has 0 aromatic carbocycles. The number of hydrogen-bond donors (Lipinski definition) is 0.